The Morgan fingerprint density at radius 1 is 1.19 bits per heavy atom. The highest BCUT2D eigenvalue weighted by molar-refractivity contribution is 8.18. The van der Waals surface area contributed by atoms with Gasteiger partial charge in [-0.2, -0.15) is 0 Å². The molecule has 1 fully saturated rings. The van der Waals surface area contributed by atoms with Crippen molar-refractivity contribution in [1.29, 1.82) is 0 Å². The van der Waals surface area contributed by atoms with Crippen LogP contribution >= 0.6 is 23.4 Å². The van der Waals surface area contributed by atoms with Crippen LogP contribution in [0.2, 0.25) is 5.02 Å². The highest BCUT2D eigenvalue weighted by Gasteiger charge is 2.34. The van der Waals surface area contributed by atoms with Crippen LogP contribution in [0.3, 0.4) is 0 Å². The van der Waals surface area contributed by atoms with E-state index in [0.717, 1.165) is 16.7 Å². The maximum absolute atomic E-state index is 13.0. The van der Waals surface area contributed by atoms with Crippen molar-refractivity contribution in [3.8, 4) is 0 Å². The van der Waals surface area contributed by atoms with E-state index < -0.39 is 11.1 Å². The molecule has 8 heteroatoms. The smallest absolute Gasteiger partial charge is 0.293 e. The van der Waals surface area contributed by atoms with Crippen LogP contribution in [0.5, 0.6) is 0 Å². The Hall–Kier alpha value is -2.64. The molecule has 1 aliphatic heterocycles. The van der Waals surface area contributed by atoms with Crippen LogP contribution in [0, 0.1) is 5.82 Å². The molecule has 3 rings (SSSR count). The number of hydrogen-bond donors (Lipinski definition) is 1. The van der Waals surface area contributed by atoms with Crippen molar-refractivity contribution < 1.29 is 18.8 Å². The quantitative estimate of drug-likeness (QED) is 0.766. The lowest BCUT2D eigenvalue weighted by atomic mass is 10.2. The standard InChI is InChI=1S/C19H14ClFN2O3S/c20-14-3-1-2-13(11-14)17(24)22-8-9-23-18(25)16(27-19(23)26)10-12-4-6-15(21)7-5-12/h1-7,10-11H,8-9H2,(H,22,24)/b16-10-. The summed E-state index contributed by atoms with van der Waals surface area (Å²) in [4.78, 5) is 37.8. The van der Waals surface area contributed by atoms with Crippen LogP contribution in [0.15, 0.2) is 53.4 Å². The second kappa shape index (κ2) is 8.37. The highest BCUT2D eigenvalue weighted by atomic mass is 35.5. The van der Waals surface area contributed by atoms with Crippen molar-refractivity contribution in [1.82, 2.24) is 10.2 Å². The zero-order valence-electron chi connectivity index (χ0n) is 13.9. The van der Waals surface area contributed by atoms with E-state index in [2.05, 4.69) is 5.32 Å². The molecule has 2 aromatic carbocycles. The molecule has 138 valence electrons. The van der Waals surface area contributed by atoms with E-state index in [0.29, 0.717) is 16.1 Å². The molecule has 3 amide bonds. The lowest BCUT2D eigenvalue weighted by molar-refractivity contribution is -0.122. The number of carbonyl (C=O) groups excluding carboxylic acids is 3. The molecule has 2 aromatic rings. The van der Waals surface area contributed by atoms with Gasteiger partial charge in [-0.3, -0.25) is 19.3 Å². The molecule has 5 nitrogen and oxygen atoms in total. The predicted molar refractivity (Wildman–Crippen MR) is 103 cm³/mol. The Balaban J connectivity index is 1.59. The van der Waals surface area contributed by atoms with Gasteiger partial charge in [0.1, 0.15) is 5.82 Å². The van der Waals surface area contributed by atoms with Crippen LogP contribution < -0.4 is 5.32 Å². The first-order valence-corrected chi connectivity index (χ1v) is 9.18. The summed E-state index contributed by atoms with van der Waals surface area (Å²) in [6, 6.07) is 12.1. The molecule has 0 aromatic heterocycles. The average Bonchev–Trinajstić information content (AvgIpc) is 2.91. The second-order valence-corrected chi connectivity index (χ2v) is 7.08. The molecule has 0 radical (unpaired) electrons. The lowest BCUT2D eigenvalue weighted by Crippen LogP contribution is -2.37. The third-order valence-electron chi connectivity index (χ3n) is 3.75. The van der Waals surface area contributed by atoms with Gasteiger partial charge in [0.15, 0.2) is 0 Å². The predicted octanol–water partition coefficient (Wildman–Crippen LogP) is 3.95. The fourth-order valence-corrected chi connectivity index (χ4v) is 3.47. The number of benzene rings is 2. The second-order valence-electron chi connectivity index (χ2n) is 5.65. The molecule has 0 saturated carbocycles. The summed E-state index contributed by atoms with van der Waals surface area (Å²) in [5.74, 6) is -1.16. The Morgan fingerprint density at radius 3 is 2.63 bits per heavy atom. The van der Waals surface area contributed by atoms with E-state index in [4.69, 9.17) is 11.6 Å². The van der Waals surface area contributed by atoms with Crippen molar-refractivity contribution >= 4 is 46.5 Å². The van der Waals surface area contributed by atoms with Gasteiger partial charge < -0.3 is 5.32 Å². The van der Waals surface area contributed by atoms with Crippen molar-refractivity contribution in [2.75, 3.05) is 13.1 Å². The zero-order chi connectivity index (χ0) is 19.4. The molecule has 0 bridgehead atoms. The Kier molecular flexibility index (Phi) is 5.93. The number of nitrogens with zero attached hydrogens (tertiary/aromatic N) is 1. The topological polar surface area (TPSA) is 66.5 Å². The van der Waals surface area contributed by atoms with Crippen LogP contribution in [0.1, 0.15) is 15.9 Å². The highest BCUT2D eigenvalue weighted by Crippen LogP contribution is 2.31. The van der Waals surface area contributed by atoms with Crippen LogP contribution in [0.4, 0.5) is 9.18 Å². The fourth-order valence-electron chi connectivity index (χ4n) is 2.42. The van der Waals surface area contributed by atoms with Gasteiger partial charge in [0, 0.05) is 23.7 Å². The zero-order valence-corrected chi connectivity index (χ0v) is 15.5. The Labute approximate surface area is 164 Å². The van der Waals surface area contributed by atoms with Crippen molar-refractivity contribution in [3.05, 3.63) is 75.4 Å². The van der Waals surface area contributed by atoms with Gasteiger partial charge in [-0.05, 0) is 53.7 Å². The summed E-state index contributed by atoms with van der Waals surface area (Å²) in [6.45, 7) is 0.172. The maximum atomic E-state index is 13.0. The molecule has 1 N–H and O–H groups in total. The van der Waals surface area contributed by atoms with Gasteiger partial charge in [0.2, 0.25) is 0 Å². The normalized spacial score (nSPS) is 15.5. The van der Waals surface area contributed by atoms with E-state index in [1.54, 1.807) is 18.2 Å². The molecule has 0 unspecified atom stereocenters. The van der Waals surface area contributed by atoms with Crippen molar-refractivity contribution in [2.45, 2.75) is 0 Å². The first-order valence-electron chi connectivity index (χ1n) is 7.99. The number of amides is 3. The minimum absolute atomic E-state index is 0.0533. The number of hydrogen-bond acceptors (Lipinski definition) is 4. The van der Waals surface area contributed by atoms with Crippen molar-refractivity contribution in [2.24, 2.45) is 0 Å². The van der Waals surface area contributed by atoms with Gasteiger partial charge in [0.05, 0.1) is 4.91 Å². The Bertz CT molecular complexity index is 931. The van der Waals surface area contributed by atoms with E-state index in [-0.39, 0.29) is 29.7 Å². The summed E-state index contributed by atoms with van der Waals surface area (Å²) in [5, 5.41) is 2.68. The lowest BCUT2D eigenvalue weighted by Gasteiger charge is -2.13. The molecular weight excluding hydrogens is 391 g/mol. The minimum Gasteiger partial charge on any atom is -0.350 e. The van der Waals surface area contributed by atoms with E-state index in [1.165, 1.54) is 36.4 Å². The first-order chi connectivity index (χ1) is 12.9. The molecule has 1 aliphatic rings. The van der Waals surface area contributed by atoms with Crippen molar-refractivity contribution in [3.63, 3.8) is 0 Å². The third-order valence-corrected chi connectivity index (χ3v) is 4.89. The molecule has 0 spiro atoms. The molecule has 27 heavy (non-hydrogen) atoms. The van der Waals surface area contributed by atoms with E-state index >= 15 is 0 Å². The maximum Gasteiger partial charge on any atom is 0.293 e. The first kappa shape index (κ1) is 19.1. The minimum atomic E-state index is -0.439. The monoisotopic (exact) mass is 404 g/mol. The largest absolute Gasteiger partial charge is 0.350 e. The SMILES string of the molecule is O=C(NCCN1C(=O)S/C(=C\c2ccc(F)cc2)C1=O)c1cccc(Cl)c1. The molecule has 1 heterocycles. The number of carbonyl (C=O) groups is 3. The summed E-state index contributed by atoms with van der Waals surface area (Å²) in [6.07, 6.45) is 1.54. The number of halogens is 2. The van der Waals surface area contributed by atoms with Crippen LogP contribution in [-0.4, -0.2) is 35.0 Å². The molecular formula is C19H14ClFN2O3S. The summed E-state index contributed by atoms with van der Waals surface area (Å²) < 4.78 is 13.0. The Morgan fingerprint density at radius 2 is 1.93 bits per heavy atom. The van der Waals surface area contributed by atoms with Gasteiger partial charge in [-0.15, -0.1) is 0 Å². The van der Waals surface area contributed by atoms with Crippen LogP contribution in [-0.2, 0) is 4.79 Å². The number of imide groups is 1. The molecule has 1 saturated heterocycles. The van der Waals surface area contributed by atoms with Gasteiger partial charge in [0.25, 0.3) is 17.1 Å². The fraction of sp³-hybridized carbons (Fsp3) is 0.105. The molecule has 0 aliphatic carbocycles. The number of rotatable bonds is 5. The summed E-state index contributed by atoms with van der Waals surface area (Å²) in [5.41, 5.74) is 1.02. The number of nitrogens with one attached hydrogen (secondary N) is 1. The number of thioether (sulfide) groups is 1. The summed E-state index contributed by atoms with van der Waals surface area (Å²) in [7, 11) is 0. The van der Waals surface area contributed by atoms with Crippen LogP contribution in [0.25, 0.3) is 6.08 Å². The van der Waals surface area contributed by atoms with Gasteiger partial charge in [-0.25, -0.2) is 4.39 Å². The van der Waals surface area contributed by atoms with Gasteiger partial charge >= 0.3 is 0 Å². The molecule has 0 atom stereocenters. The van der Waals surface area contributed by atoms with E-state index in [1.807, 2.05) is 0 Å². The third kappa shape index (κ3) is 4.75. The summed E-state index contributed by atoms with van der Waals surface area (Å²) >= 11 is 6.66. The van der Waals surface area contributed by atoms with E-state index in [9.17, 15) is 18.8 Å². The van der Waals surface area contributed by atoms with Gasteiger partial charge in [-0.1, -0.05) is 29.8 Å². The average molecular weight is 405 g/mol.